The van der Waals surface area contributed by atoms with Gasteiger partial charge in [0.2, 0.25) is 0 Å². The van der Waals surface area contributed by atoms with Crippen molar-refractivity contribution in [2.24, 2.45) is 0 Å². The van der Waals surface area contributed by atoms with Gasteiger partial charge in [-0.05, 0) is 37.5 Å². The highest BCUT2D eigenvalue weighted by Gasteiger charge is 2.34. The molecule has 1 saturated carbocycles. The predicted molar refractivity (Wildman–Crippen MR) is 70.6 cm³/mol. The van der Waals surface area contributed by atoms with Gasteiger partial charge < -0.3 is 10.0 Å². The maximum atomic E-state index is 12.4. The summed E-state index contributed by atoms with van der Waals surface area (Å²) in [5.74, 6) is -1.17. The van der Waals surface area contributed by atoms with E-state index in [2.05, 4.69) is 15.9 Å². The van der Waals surface area contributed by atoms with E-state index in [1.54, 1.807) is 6.07 Å². The number of aryl methyl sites for hydroxylation is 1. The van der Waals surface area contributed by atoms with Crippen LogP contribution in [0.15, 0.2) is 22.7 Å². The SMILES string of the molecule is Cc1ccc(Br)cc1C(=O)N(CC(=O)O)C1CC1. The number of benzene rings is 1. The first kappa shape index (κ1) is 13.1. The van der Waals surface area contributed by atoms with Gasteiger partial charge in [-0.2, -0.15) is 0 Å². The fraction of sp³-hybridized carbons (Fsp3) is 0.385. The van der Waals surface area contributed by atoms with Crippen molar-refractivity contribution in [3.63, 3.8) is 0 Å². The Morgan fingerprint density at radius 1 is 1.44 bits per heavy atom. The summed E-state index contributed by atoms with van der Waals surface area (Å²) in [6.07, 6.45) is 1.79. The molecule has 0 heterocycles. The normalized spacial score (nSPS) is 14.3. The lowest BCUT2D eigenvalue weighted by atomic mass is 10.1. The predicted octanol–water partition coefficient (Wildman–Crippen LogP) is 2.45. The molecule has 5 heteroatoms. The van der Waals surface area contributed by atoms with Gasteiger partial charge in [-0.1, -0.05) is 22.0 Å². The Hall–Kier alpha value is -1.36. The molecule has 0 radical (unpaired) electrons. The molecule has 0 atom stereocenters. The zero-order chi connectivity index (χ0) is 13.3. The highest BCUT2D eigenvalue weighted by molar-refractivity contribution is 9.10. The van der Waals surface area contributed by atoms with E-state index in [-0.39, 0.29) is 18.5 Å². The van der Waals surface area contributed by atoms with E-state index in [1.807, 2.05) is 19.1 Å². The Morgan fingerprint density at radius 3 is 2.67 bits per heavy atom. The number of carboxylic acid groups (broad SMARTS) is 1. The maximum absolute atomic E-state index is 12.4. The molecule has 0 aliphatic heterocycles. The summed E-state index contributed by atoms with van der Waals surface area (Å²) in [7, 11) is 0. The van der Waals surface area contributed by atoms with Crippen LogP contribution in [0.5, 0.6) is 0 Å². The number of aliphatic carboxylic acids is 1. The van der Waals surface area contributed by atoms with Gasteiger partial charge in [-0.15, -0.1) is 0 Å². The topological polar surface area (TPSA) is 57.6 Å². The molecule has 0 saturated heterocycles. The van der Waals surface area contributed by atoms with Gasteiger partial charge in [-0.25, -0.2) is 0 Å². The zero-order valence-electron chi connectivity index (χ0n) is 10.0. The second-order valence-electron chi connectivity index (χ2n) is 4.52. The van der Waals surface area contributed by atoms with E-state index < -0.39 is 5.97 Å². The molecular formula is C13H14BrNO3. The van der Waals surface area contributed by atoms with Crippen LogP contribution >= 0.6 is 15.9 Å². The zero-order valence-corrected chi connectivity index (χ0v) is 11.6. The minimum Gasteiger partial charge on any atom is -0.480 e. The van der Waals surface area contributed by atoms with Gasteiger partial charge >= 0.3 is 5.97 Å². The van der Waals surface area contributed by atoms with Crippen molar-refractivity contribution in [2.45, 2.75) is 25.8 Å². The van der Waals surface area contributed by atoms with E-state index in [1.165, 1.54) is 4.90 Å². The van der Waals surface area contributed by atoms with Crippen molar-refractivity contribution >= 4 is 27.8 Å². The average molecular weight is 312 g/mol. The first-order valence-corrected chi connectivity index (χ1v) is 6.57. The molecule has 0 spiro atoms. The second-order valence-corrected chi connectivity index (χ2v) is 5.43. The fourth-order valence-electron chi connectivity index (χ4n) is 1.88. The molecule has 18 heavy (non-hydrogen) atoms. The fourth-order valence-corrected chi connectivity index (χ4v) is 2.24. The van der Waals surface area contributed by atoms with E-state index in [9.17, 15) is 9.59 Å². The number of nitrogens with zero attached hydrogens (tertiary/aromatic N) is 1. The number of hydrogen-bond acceptors (Lipinski definition) is 2. The largest absolute Gasteiger partial charge is 0.480 e. The molecule has 1 aromatic carbocycles. The summed E-state index contributed by atoms with van der Waals surface area (Å²) in [6.45, 7) is 1.63. The number of carbonyl (C=O) groups is 2. The van der Waals surface area contributed by atoms with Crippen LogP contribution < -0.4 is 0 Å². The summed E-state index contributed by atoms with van der Waals surface area (Å²) < 4.78 is 0.822. The van der Waals surface area contributed by atoms with Crippen molar-refractivity contribution in [2.75, 3.05) is 6.54 Å². The van der Waals surface area contributed by atoms with Gasteiger partial charge in [0.1, 0.15) is 6.54 Å². The number of halogens is 1. The summed E-state index contributed by atoms with van der Waals surface area (Å²) in [4.78, 5) is 24.7. The first-order valence-electron chi connectivity index (χ1n) is 5.78. The van der Waals surface area contributed by atoms with Crippen LogP contribution in [0.4, 0.5) is 0 Å². The Bertz CT molecular complexity index is 497. The summed E-state index contributed by atoms with van der Waals surface area (Å²) >= 11 is 3.33. The number of hydrogen-bond donors (Lipinski definition) is 1. The van der Waals surface area contributed by atoms with Gasteiger partial charge in [0, 0.05) is 16.1 Å². The van der Waals surface area contributed by atoms with Crippen molar-refractivity contribution < 1.29 is 14.7 Å². The van der Waals surface area contributed by atoms with Gasteiger partial charge in [0.25, 0.3) is 5.91 Å². The third kappa shape index (κ3) is 2.90. The third-order valence-electron chi connectivity index (χ3n) is 2.98. The van der Waals surface area contributed by atoms with Crippen molar-refractivity contribution in [3.8, 4) is 0 Å². The number of carbonyl (C=O) groups excluding carboxylic acids is 1. The molecule has 1 N–H and O–H groups in total. The highest BCUT2D eigenvalue weighted by Crippen LogP contribution is 2.29. The minimum atomic E-state index is -0.970. The van der Waals surface area contributed by atoms with Crippen molar-refractivity contribution in [1.82, 2.24) is 4.90 Å². The molecule has 4 nitrogen and oxygen atoms in total. The minimum absolute atomic E-state index is 0.0898. The van der Waals surface area contributed by atoms with Crippen molar-refractivity contribution in [1.29, 1.82) is 0 Å². The van der Waals surface area contributed by atoms with Gasteiger partial charge in [0.05, 0.1) is 0 Å². The molecular weight excluding hydrogens is 298 g/mol. The molecule has 0 aromatic heterocycles. The number of carboxylic acids is 1. The molecule has 0 unspecified atom stereocenters. The molecule has 0 bridgehead atoms. The number of rotatable bonds is 4. The average Bonchev–Trinajstić information content (AvgIpc) is 3.12. The molecule has 1 aliphatic rings. The van der Waals surface area contributed by atoms with Crippen LogP contribution in [0.25, 0.3) is 0 Å². The lowest BCUT2D eigenvalue weighted by Gasteiger charge is -2.21. The Kier molecular flexibility index (Phi) is 3.71. The third-order valence-corrected chi connectivity index (χ3v) is 3.48. The maximum Gasteiger partial charge on any atom is 0.323 e. The lowest BCUT2D eigenvalue weighted by Crippen LogP contribution is -2.37. The van der Waals surface area contributed by atoms with Gasteiger partial charge in [-0.3, -0.25) is 9.59 Å². The molecule has 1 aliphatic carbocycles. The molecule has 1 fully saturated rings. The van der Waals surface area contributed by atoms with Gasteiger partial charge in [0.15, 0.2) is 0 Å². The van der Waals surface area contributed by atoms with E-state index in [0.29, 0.717) is 5.56 Å². The quantitative estimate of drug-likeness (QED) is 0.929. The van der Waals surface area contributed by atoms with Crippen molar-refractivity contribution in [3.05, 3.63) is 33.8 Å². The Labute approximate surface area is 114 Å². The summed E-state index contributed by atoms with van der Waals surface area (Å²) in [5.41, 5.74) is 1.43. The Morgan fingerprint density at radius 2 is 2.11 bits per heavy atom. The smallest absolute Gasteiger partial charge is 0.323 e. The van der Waals surface area contributed by atoms with Crippen LogP contribution in [0, 0.1) is 6.92 Å². The van der Waals surface area contributed by atoms with E-state index in [0.717, 1.165) is 22.9 Å². The summed E-state index contributed by atoms with van der Waals surface area (Å²) in [6, 6.07) is 5.55. The standard InChI is InChI=1S/C13H14BrNO3/c1-8-2-3-9(14)6-11(8)13(18)15(7-12(16)17)10-4-5-10/h2-3,6,10H,4-5,7H2,1H3,(H,16,17). The van der Waals surface area contributed by atoms with Crippen LogP contribution in [-0.4, -0.2) is 34.5 Å². The first-order chi connectivity index (χ1) is 8.49. The molecule has 1 amide bonds. The van der Waals surface area contributed by atoms with Crippen LogP contribution in [-0.2, 0) is 4.79 Å². The number of amides is 1. The molecule has 1 aromatic rings. The van der Waals surface area contributed by atoms with Crippen LogP contribution in [0.2, 0.25) is 0 Å². The highest BCUT2D eigenvalue weighted by atomic mass is 79.9. The second kappa shape index (κ2) is 5.10. The lowest BCUT2D eigenvalue weighted by molar-refractivity contribution is -0.137. The monoisotopic (exact) mass is 311 g/mol. The Balaban J connectivity index is 2.27. The van der Waals surface area contributed by atoms with Crippen LogP contribution in [0.3, 0.4) is 0 Å². The van der Waals surface area contributed by atoms with E-state index in [4.69, 9.17) is 5.11 Å². The molecule has 2 rings (SSSR count). The summed E-state index contributed by atoms with van der Waals surface area (Å²) in [5, 5.41) is 8.88. The van der Waals surface area contributed by atoms with Crippen LogP contribution in [0.1, 0.15) is 28.8 Å². The van der Waals surface area contributed by atoms with E-state index >= 15 is 0 Å². The molecule has 96 valence electrons.